The number of methoxy groups -OCH3 is 1. The highest BCUT2D eigenvalue weighted by molar-refractivity contribution is 9.10. The Morgan fingerprint density at radius 2 is 2.00 bits per heavy atom. The Hall–Kier alpha value is -0.740. The van der Waals surface area contributed by atoms with Gasteiger partial charge in [0.05, 0.1) is 18.8 Å². The SMILES string of the molecule is COc1cc(Br)cc(C(C)(C)O)c1OC1CCC1. The second-order valence-corrected chi connectivity index (χ2v) is 6.13. The van der Waals surface area contributed by atoms with E-state index in [0.717, 1.165) is 22.9 Å². The number of benzene rings is 1. The fourth-order valence-electron chi connectivity index (χ4n) is 1.95. The third-order valence-electron chi connectivity index (χ3n) is 3.24. The fourth-order valence-corrected chi connectivity index (χ4v) is 2.39. The van der Waals surface area contributed by atoms with E-state index in [1.165, 1.54) is 6.42 Å². The van der Waals surface area contributed by atoms with Crippen molar-refractivity contribution in [2.75, 3.05) is 7.11 Å². The highest BCUT2D eigenvalue weighted by Gasteiger charge is 2.28. The molecule has 3 nitrogen and oxygen atoms in total. The summed E-state index contributed by atoms with van der Waals surface area (Å²) in [6.45, 7) is 3.50. The average molecular weight is 315 g/mol. The lowest BCUT2D eigenvalue weighted by Gasteiger charge is -2.31. The summed E-state index contributed by atoms with van der Waals surface area (Å²) in [5.74, 6) is 1.33. The molecule has 0 aromatic heterocycles. The standard InChI is InChI=1S/C14H19BrO3/c1-14(2,16)11-7-9(15)8-12(17-3)13(11)18-10-5-4-6-10/h7-8,10,16H,4-6H2,1-3H3. The Morgan fingerprint density at radius 3 is 2.44 bits per heavy atom. The van der Waals surface area contributed by atoms with Crippen LogP contribution < -0.4 is 9.47 Å². The van der Waals surface area contributed by atoms with Crippen LogP contribution in [0.1, 0.15) is 38.7 Å². The molecular weight excluding hydrogens is 296 g/mol. The first-order valence-electron chi connectivity index (χ1n) is 6.19. The lowest BCUT2D eigenvalue weighted by molar-refractivity contribution is 0.0638. The van der Waals surface area contributed by atoms with Gasteiger partial charge in [-0.15, -0.1) is 0 Å². The maximum Gasteiger partial charge on any atom is 0.167 e. The molecule has 1 aromatic carbocycles. The Morgan fingerprint density at radius 1 is 1.33 bits per heavy atom. The van der Waals surface area contributed by atoms with Gasteiger partial charge < -0.3 is 14.6 Å². The highest BCUT2D eigenvalue weighted by Crippen LogP contribution is 2.42. The topological polar surface area (TPSA) is 38.7 Å². The predicted octanol–water partition coefficient (Wildman–Crippen LogP) is 3.62. The minimum atomic E-state index is -0.962. The molecule has 1 aliphatic rings. The first-order valence-corrected chi connectivity index (χ1v) is 6.98. The second kappa shape index (κ2) is 5.10. The van der Waals surface area contributed by atoms with Crippen molar-refractivity contribution in [3.05, 3.63) is 22.2 Å². The molecule has 0 radical (unpaired) electrons. The summed E-state index contributed by atoms with van der Waals surface area (Å²) in [6.07, 6.45) is 3.61. The number of halogens is 1. The van der Waals surface area contributed by atoms with Crippen molar-refractivity contribution in [2.24, 2.45) is 0 Å². The van der Waals surface area contributed by atoms with E-state index < -0.39 is 5.60 Å². The zero-order valence-corrected chi connectivity index (χ0v) is 12.6. The number of hydrogen-bond acceptors (Lipinski definition) is 3. The lowest BCUT2D eigenvalue weighted by Crippen LogP contribution is -2.27. The second-order valence-electron chi connectivity index (χ2n) is 5.21. The van der Waals surface area contributed by atoms with Gasteiger partial charge in [0.15, 0.2) is 11.5 Å². The van der Waals surface area contributed by atoms with Crippen LogP contribution >= 0.6 is 15.9 Å². The van der Waals surface area contributed by atoms with Gasteiger partial charge in [-0.05, 0) is 45.2 Å². The molecule has 4 heteroatoms. The van der Waals surface area contributed by atoms with Crippen LogP contribution in [0.4, 0.5) is 0 Å². The van der Waals surface area contributed by atoms with Crippen LogP contribution in [0.3, 0.4) is 0 Å². The van der Waals surface area contributed by atoms with Gasteiger partial charge >= 0.3 is 0 Å². The van der Waals surface area contributed by atoms with Crippen molar-refractivity contribution in [1.29, 1.82) is 0 Å². The van der Waals surface area contributed by atoms with Crippen molar-refractivity contribution in [3.63, 3.8) is 0 Å². The van der Waals surface area contributed by atoms with Crippen LogP contribution in [0.25, 0.3) is 0 Å². The minimum absolute atomic E-state index is 0.251. The fraction of sp³-hybridized carbons (Fsp3) is 0.571. The van der Waals surface area contributed by atoms with E-state index in [1.54, 1.807) is 21.0 Å². The maximum atomic E-state index is 10.3. The molecule has 0 aliphatic heterocycles. The number of ether oxygens (including phenoxy) is 2. The van der Waals surface area contributed by atoms with Gasteiger partial charge in [-0.3, -0.25) is 0 Å². The monoisotopic (exact) mass is 314 g/mol. The van der Waals surface area contributed by atoms with Gasteiger partial charge in [0.25, 0.3) is 0 Å². The zero-order valence-electron chi connectivity index (χ0n) is 11.0. The van der Waals surface area contributed by atoms with E-state index in [2.05, 4.69) is 15.9 Å². The van der Waals surface area contributed by atoms with Crippen LogP contribution in [0.5, 0.6) is 11.5 Å². The Balaban J connectivity index is 2.43. The lowest BCUT2D eigenvalue weighted by atomic mass is 9.94. The number of rotatable bonds is 4. The third-order valence-corrected chi connectivity index (χ3v) is 3.69. The summed E-state index contributed by atoms with van der Waals surface area (Å²) in [4.78, 5) is 0. The molecule has 0 unspecified atom stereocenters. The Kier molecular flexibility index (Phi) is 3.87. The predicted molar refractivity (Wildman–Crippen MR) is 74.2 cm³/mol. The molecule has 1 N–H and O–H groups in total. The van der Waals surface area contributed by atoms with E-state index in [0.29, 0.717) is 11.5 Å². The van der Waals surface area contributed by atoms with Crippen LogP contribution in [0.2, 0.25) is 0 Å². The van der Waals surface area contributed by atoms with E-state index in [4.69, 9.17) is 9.47 Å². The van der Waals surface area contributed by atoms with Crippen molar-refractivity contribution in [2.45, 2.75) is 44.8 Å². The molecule has 0 heterocycles. The van der Waals surface area contributed by atoms with Crippen molar-refractivity contribution < 1.29 is 14.6 Å². The summed E-state index contributed by atoms with van der Waals surface area (Å²) in [7, 11) is 1.61. The van der Waals surface area contributed by atoms with Crippen LogP contribution in [-0.2, 0) is 5.60 Å². The smallest absolute Gasteiger partial charge is 0.167 e. The first-order chi connectivity index (χ1) is 8.41. The quantitative estimate of drug-likeness (QED) is 0.922. The van der Waals surface area contributed by atoms with Gasteiger partial charge in [-0.1, -0.05) is 15.9 Å². The molecule has 0 spiro atoms. The Bertz CT molecular complexity index is 433. The maximum absolute atomic E-state index is 10.3. The van der Waals surface area contributed by atoms with E-state index >= 15 is 0 Å². The van der Waals surface area contributed by atoms with Gasteiger partial charge in [0.1, 0.15) is 0 Å². The molecule has 1 aliphatic carbocycles. The third kappa shape index (κ3) is 2.81. The molecule has 18 heavy (non-hydrogen) atoms. The first kappa shape index (κ1) is 13.7. The Labute approximate surface area is 116 Å². The number of aliphatic hydroxyl groups is 1. The van der Waals surface area contributed by atoms with E-state index in [-0.39, 0.29) is 6.10 Å². The summed E-state index contributed by atoms with van der Waals surface area (Å²) in [5.41, 5.74) is -0.212. The molecule has 1 saturated carbocycles. The van der Waals surface area contributed by atoms with Crippen molar-refractivity contribution in [3.8, 4) is 11.5 Å². The van der Waals surface area contributed by atoms with Crippen LogP contribution in [0, 0.1) is 0 Å². The minimum Gasteiger partial charge on any atom is -0.493 e. The molecule has 1 aromatic rings. The summed E-state index contributed by atoms with van der Waals surface area (Å²) in [6, 6.07) is 3.75. The van der Waals surface area contributed by atoms with Crippen molar-refractivity contribution >= 4 is 15.9 Å². The zero-order chi connectivity index (χ0) is 13.3. The molecule has 2 rings (SSSR count). The van der Waals surface area contributed by atoms with Crippen LogP contribution in [-0.4, -0.2) is 18.3 Å². The molecule has 0 atom stereocenters. The molecule has 100 valence electrons. The van der Waals surface area contributed by atoms with Crippen molar-refractivity contribution in [1.82, 2.24) is 0 Å². The van der Waals surface area contributed by atoms with Gasteiger partial charge in [-0.2, -0.15) is 0 Å². The molecular formula is C14H19BrO3. The summed E-state index contributed by atoms with van der Waals surface area (Å²) >= 11 is 3.43. The van der Waals surface area contributed by atoms with Gasteiger partial charge in [0.2, 0.25) is 0 Å². The highest BCUT2D eigenvalue weighted by atomic mass is 79.9. The molecule has 0 amide bonds. The summed E-state index contributed by atoms with van der Waals surface area (Å²) in [5, 5.41) is 10.3. The van der Waals surface area contributed by atoms with E-state index in [9.17, 15) is 5.11 Å². The number of hydrogen-bond donors (Lipinski definition) is 1. The molecule has 0 bridgehead atoms. The normalized spacial score (nSPS) is 16.3. The van der Waals surface area contributed by atoms with Gasteiger partial charge in [0, 0.05) is 10.0 Å². The summed E-state index contributed by atoms with van der Waals surface area (Å²) < 4.78 is 12.2. The van der Waals surface area contributed by atoms with Crippen LogP contribution in [0.15, 0.2) is 16.6 Å². The van der Waals surface area contributed by atoms with Gasteiger partial charge in [-0.25, -0.2) is 0 Å². The molecule has 1 fully saturated rings. The molecule has 0 saturated heterocycles. The largest absolute Gasteiger partial charge is 0.493 e. The van der Waals surface area contributed by atoms with E-state index in [1.807, 2.05) is 12.1 Å². The average Bonchev–Trinajstić information content (AvgIpc) is 2.22.